The number of hydrogen-bond donors (Lipinski definition) is 3. The number of aryl methyl sites for hydroxylation is 4. The van der Waals surface area contributed by atoms with E-state index in [-0.39, 0.29) is 55.1 Å². The summed E-state index contributed by atoms with van der Waals surface area (Å²) in [7, 11) is 1.47. The van der Waals surface area contributed by atoms with Crippen LogP contribution in [0.25, 0.3) is 22.1 Å². The lowest BCUT2D eigenvalue weighted by atomic mass is 10.1. The van der Waals surface area contributed by atoms with Crippen molar-refractivity contribution in [2.24, 2.45) is 11.5 Å². The van der Waals surface area contributed by atoms with E-state index in [1.807, 2.05) is 58.3 Å². The molecular weight excluding hydrogens is 887 g/mol. The molecule has 5 heterocycles. The first-order chi connectivity index (χ1) is 32.9. The molecule has 69 heavy (non-hydrogen) atoms. The van der Waals surface area contributed by atoms with Gasteiger partial charge in [0, 0.05) is 70.0 Å². The molecule has 0 bridgehead atoms. The van der Waals surface area contributed by atoms with Crippen LogP contribution in [0, 0.1) is 13.8 Å². The summed E-state index contributed by atoms with van der Waals surface area (Å²) in [5.41, 5.74) is 15.3. The predicted octanol–water partition coefficient (Wildman–Crippen LogP) is 4.90. The fourth-order valence-corrected chi connectivity index (χ4v) is 8.35. The van der Waals surface area contributed by atoms with E-state index in [9.17, 15) is 24.0 Å². The van der Waals surface area contributed by atoms with Crippen molar-refractivity contribution in [3.8, 4) is 11.5 Å². The first-order valence-corrected chi connectivity index (χ1v) is 23.0. The number of benzene rings is 2. The van der Waals surface area contributed by atoms with Gasteiger partial charge in [0.05, 0.1) is 42.6 Å². The Labute approximate surface area is 399 Å². The average Bonchev–Trinajstić information content (AvgIpc) is 4.07. The van der Waals surface area contributed by atoms with Gasteiger partial charge in [0.15, 0.2) is 5.78 Å². The zero-order valence-corrected chi connectivity index (χ0v) is 40.5. The van der Waals surface area contributed by atoms with Crippen molar-refractivity contribution in [1.82, 2.24) is 48.5 Å². The van der Waals surface area contributed by atoms with E-state index in [0.29, 0.717) is 114 Å². The normalized spacial score (nSPS) is 13.4. The first kappa shape index (κ1) is 49.4. The van der Waals surface area contributed by atoms with E-state index in [4.69, 9.17) is 35.6 Å². The van der Waals surface area contributed by atoms with Crippen molar-refractivity contribution in [3.05, 3.63) is 88.3 Å². The van der Waals surface area contributed by atoms with Crippen molar-refractivity contribution in [3.63, 3.8) is 0 Å². The third kappa shape index (κ3) is 11.3. The van der Waals surface area contributed by atoms with Gasteiger partial charge in [-0.15, -0.1) is 0 Å². The minimum Gasteiger partial charge on any atom is -0.494 e. The van der Waals surface area contributed by atoms with Gasteiger partial charge in [-0.3, -0.25) is 38.8 Å². The fourth-order valence-electron chi connectivity index (χ4n) is 8.35. The highest BCUT2D eigenvalue weighted by Gasteiger charge is 2.27. The molecule has 366 valence electrons. The second-order valence-electron chi connectivity index (χ2n) is 17.8. The lowest BCUT2D eigenvalue weighted by molar-refractivity contribution is 0.0141. The molecule has 2 aromatic carbocycles. The van der Waals surface area contributed by atoms with Crippen LogP contribution >= 0.6 is 0 Å². The van der Waals surface area contributed by atoms with Crippen molar-refractivity contribution in [2.45, 2.75) is 93.1 Å². The summed E-state index contributed by atoms with van der Waals surface area (Å²) in [4.78, 5) is 79.0. The third-order valence-electron chi connectivity index (χ3n) is 11.6. The van der Waals surface area contributed by atoms with Gasteiger partial charge in [0.1, 0.15) is 45.3 Å². The Hall–Kier alpha value is -7.55. The number of rotatable bonds is 19. The highest BCUT2D eigenvalue weighted by atomic mass is 16.6. The highest BCUT2D eigenvalue weighted by molar-refractivity contribution is 6.04. The number of piperazine rings is 1. The number of imidazole rings is 2. The van der Waals surface area contributed by atoms with E-state index >= 15 is 0 Å². The van der Waals surface area contributed by atoms with Crippen LogP contribution < -0.4 is 26.3 Å². The highest BCUT2D eigenvalue weighted by Crippen LogP contribution is 2.33. The molecule has 7 rings (SSSR count). The molecule has 1 fully saturated rings. The third-order valence-corrected chi connectivity index (χ3v) is 11.6. The van der Waals surface area contributed by atoms with Crippen LogP contribution in [0.15, 0.2) is 48.6 Å². The van der Waals surface area contributed by atoms with Crippen LogP contribution in [-0.4, -0.2) is 130 Å². The standard InChI is InChI=1S/C48H61N13O8/c1-9-60-35(22-29(3)54-60)37(62)28-40-51-33-24-32(44(50)64)27-39(68-21-13-14-56-17-19-57(20-18-56)47(66)69-48(5,6)7)42(33)58(40)15-11-12-16-59-41-34(25-31(43(49)63)26-38(41)67-8)52-46(59)53-45(65)36-23-30(4)55-61(36)10-2/h11-12,22-27H,9-10,13-21,28H2,1-8H3,(H2,49,63)(H2,50,64)(H,52,53,65)/b12-11+. The Balaban J connectivity index is 1.19. The van der Waals surface area contributed by atoms with Gasteiger partial charge in [-0.25, -0.2) is 14.8 Å². The fraction of sp³-hybridized carbons (Fsp3) is 0.438. The van der Waals surface area contributed by atoms with E-state index in [0.717, 1.165) is 0 Å². The predicted molar refractivity (Wildman–Crippen MR) is 258 cm³/mol. The quantitative estimate of drug-likeness (QED) is 0.0556. The van der Waals surface area contributed by atoms with Crippen molar-refractivity contribution in [2.75, 3.05) is 51.8 Å². The molecule has 4 aromatic heterocycles. The monoisotopic (exact) mass is 947 g/mol. The number of nitrogens with zero attached hydrogens (tertiary/aromatic N) is 10. The van der Waals surface area contributed by atoms with Crippen molar-refractivity contribution < 1.29 is 38.2 Å². The second kappa shape index (κ2) is 20.8. The van der Waals surface area contributed by atoms with Crippen LogP contribution in [0.4, 0.5) is 10.7 Å². The first-order valence-electron chi connectivity index (χ1n) is 23.0. The number of fused-ring (bicyclic) bond motifs is 2. The number of ketones is 1. The number of anilines is 1. The molecule has 4 amide bonds. The Kier molecular flexibility index (Phi) is 14.8. The van der Waals surface area contributed by atoms with Crippen LogP contribution in [0.5, 0.6) is 11.5 Å². The number of nitrogens with one attached hydrogen (secondary N) is 1. The van der Waals surface area contributed by atoms with Crippen molar-refractivity contribution in [1.29, 1.82) is 0 Å². The van der Waals surface area contributed by atoms with E-state index in [2.05, 4.69) is 20.4 Å². The lowest BCUT2D eigenvalue weighted by Gasteiger charge is -2.35. The van der Waals surface area contributed by atoms with Crippen molar-refractivity contribution >= 4 is 57.6 Å². The van der Waals surface area contributed by atoms with E-state index < -0.39 is 23.3 Å². The minimum atomic E-state index is -0.671. The molecule has 1 aliphatic rings. The Bertz CT molecular complexity index is 2940. The molecule has 0 saturated carbocycles. The number of methoxy groups -OCH3 is 1. The molecular formula is C48H61N13O8. The number of amides is 4. The van der Waals surface area contributed by atoms with Crippen LogP contribution in [0.3, 0.4) is 0 Å². The molecule has 5 N–H and O–H groups in total. The van der Waals surface area contributed by atoms with Gasteiger partial charge in [0.25, 0.3) is 5.91 Å². The molecule has 0 atom stereocenters. The summed E-state index contributed by atoms with van der Waals surface area (Å²) in [6, 6.07) is 9.69. The molecule has 0 radical (unpaired) electrons. The second-order valence-corrected chi connectivity index (χ2v) is 17.8. The topological polar surface area (TPSA) is 255 Å². The smallest absolute Gasteiger partial charge is 0.410 e. The number of hydrogen-bond acceptors (Lipinski definition) is 13. The summed E-state index contributed by atoms with van der Waals surface area (Å²) in [5, 5.41) is 11.8. The Morgan fingerprint density at radius 3 is 1.91 bits per heavy atom. The number of carbonyl (C=O) groups is 5. The molecule has 21 heteroatoms. The summed E-state index contributed by atoms with van der Waals surface area (Å²) < 4.78 is 24.6. The molecule has 21 nitrogen and oxygen atoms in total. The number of allylic oxidation sites excluding steroid dienone is 2. The average molecular weight is 948 g/mol. The Morgan fingerprint density at radius 2 is 1.32 bits per heavy atom. The summed E-state index contributed by atoms with van der Waals surface area (Å²) in [6.45, 7) is 17.8. The zero-order valence-electron chi connectivity index (χ0n) is 40.5. The number of primary amides is 2. The molecule has 0 spiro atoms. The Morgan fingerprint density at radius 1 is 0.754 bits per heavy atom. The van der Waals surface area contributed by atoms with Gasteiger partial charge in [-0.1, -0.05) is 12.2 Å². The van der Waals surface area contributed by atoms with Crippen LogP contribution in [0.1, 0.15) is 99.9 Å². The number of Topliss-reactive ketones (excluding diaryl/α,β-unsaturated/α-hetero) is 1. The molecule has 1 aliphatic heterocycles. The van der Waals surface area contributed by atoms with Gasteiger partial charge in [-0.2, -0.15) is 10.2 Å². The summed E-state index contributed by atoms with van der Waals surface area (Å²) in [5.74, 6) is -0.688. The van der Waals surface area contributed by atoms with Gasteiger partial charge < -0.3 is 39.7 Å². The van der Waals surface area contributed by atoms with Crippen LogP contribution in [-0.2, 0) is 37.3 Å². The van der Waals surface area contributed by atoms with E-state index in [1.165, 1.54) is 19.2 Å². The molecule has 1 saturated heterocycles. The maximum absolute atomic E-state index is 14.0. The maximum atomic E-state index is 14.0. The van der Waals surface area contributed by atoms with Gasteiger partial charge >= 0.3 is 6.09 Å². The maximum Gasteiger partial charge on any atom is 0.410 e. The number of nitrogens with two attached hydrogens (primary N) is 2. The summed E-state index contributed by atoms with van der Waals surface area (Å²) in [6.07, 6.45) is 3.97. The van der Waals surface area contributed by atoms with Gasteiger partial charge in [-0.05, 0) is 91.3 Å². The van der Waals surface area contributed by atoms with Gasteiger partial charge in [0.2, 0.25) is 17.8 Å². The SMILES string of the molecule is CCn1nc(C)cc1C(=O)Cc1nc2cc(C(N)=O)cc(OCCCN3CCN(C(=O)OC(C)(C)C)CC3)c2n1C/C=C/Cn1c(NC(=O)c2cc(C)nn2CC)nc2cc(C(N)=O)cc(OC)c21. The largest absolute Gasteiger partial charge is 0.494 e. The number of aromatic nitrogens is 8. The zero-order chi connectivity index (χ0) is 49.7. The lowest BCUT2D eigenvalue weighted by Crippen LogP contribution is -2.50. The summed E-state index contributed by atoms with van der Waals surface area (Å²) >= 11 is 0. The number of carbonyl (C=O) groups excluding carboxylic acids is 5. The minimum absolute atomic E-state index is 0.0934. The van der Waals surface area contributed by atoms with Crippen LogP contribution in [0.2, 0.25) is 0 Å². The molecule has 6 aromatic rings. The number of ether oxygens (including phenoxy) is 3. The molecule has 0 aliphatic carbocycles. The van der Waals surface area contributed by atoms with E-state index in [1.54, 1.807) is 50.0 Å². The molecule has 0 unspecified atom stereocenters.